The molecule has 2 aliphatic rings. The molecule has 3 aromatic rings. The third-order valence-corrected chi connectivity index (χ3v) is 6.69. The summed E-state index contributed by atoms with van der Waals surface area (Å²) in [4.78, 5) is 15.0. The van der Waals surface area contributed by atoms with Gasteiger partial charge in [-0.25, -0.2) is 4.68 Å². The van der Waals surface area contributed by atoms with E-state index in [-0.39, 0.29) is 23.2 Å². The van der Waals surface area contributed by atoms with Gasteiger partial charge < -0.3 is 14.7 Å². The number of aliphatic hydroxyl groups is 1. The average molecular weight is 424 g/mol. The number of anilines is 1. The van der Waals surface area contributed by atoms with Gasteiger partial charge in [0.05, 0.1) is 11.6 Å². The van der Waals surface area contributed by atoms with Crippen molar-refractivity contribution in [2.45, 2.75) is 51.2 Å². The van der Waals surface area contributed by atoms with Gasteiger partial charge in [0.1, 0.15) is 28.4 Å². The molecule has 1 aliphatic carbocycles. The van der Waals surface area contributed by atoms with E-state index in [0.29, 0.717) is 30.0 Å². The molecule has 8 heteroatoms. The van der Waals surface area contributed by atoms with E-state index in [4.69, 9.17) is 4.74 Å². The first-order valence-corrected chi connectivity index (χ1v) is 11.0. The van der Waals surface area contributed by atoms with Crippen LogP contribution in [0.3, 0.4) is 0 Å². The molecule has 2 aromatic heterocycles. The van der Waals surface area contributed by atoms with Gasteiger partial charge in [0.15, 0.2) is 0 Å². The van der Waals surface area contributed by atoms with Crippen molar-refractivity contribution >= 4 is 16.6 Å². The Bertz CT molecular complexity index is 1170. The first-order chi connectivity index (χ1) is 14.8. The second-order valence-corrected chi connectivity index (χ2v) is 9.28. The van der Waals surface area contributed by atoms with E-state index in [1.165, 1.54) is 4.68 Å². The zero-order valence-corrected chi connectivity index (χ0v) is 18.3. The number of rotatable bonds is 4. The highest BCUT2D eigenvalue weighted by molar-refractivity contribution is 5.93. The maximum absolute atomic E-state index is 12.9. The van der Waals surface area contributed by atoms with Crippen LogP contribution in [0.4, 0.5) is 5.69 Å². The molecule has 5 rings (SSSR count). The van der Waals surface area contributed by atoms with Gasteiger partial charge in [-0.05, 0) is 62.8 Å². The quantitative estimate of drug-likeness (QED) is 0.670. The number of aryl methyl sites for hydroxylation is 1. The van der Waals surface area contributed by atoms with Gasteiger partial charge in [0.25, 0.3) is 5.56 Å². The van der Waals surface area contributed by atoms with Gasteiger partial charge in [-0.15, -0.1) is 0 Å². The molecule has 2 fully saturated rings. The molecule has 0 bridgehead atoms. The predicted octanol–water partition coefficient (Wildman–Crippen LogP) is 2.85. The summed E-state index contributed by atoms with van der Waals surface area (Å²) in [5.74, 6) is 1.04. The van der Waals surface area contributed by atoms with Gasteiger partial charge in [0, 0.05) is 25.5 Å². The van der Waals surface area contributed by atoms with Crippen LogP contribution in [-0.2, 0) is 7.05 Å². The van der Waals surface area contributed by atoms with Crippen LogP contribution in [-0.4, -0.2) is 49.9 Å². The van der Waals surface area contributed by atoms with Crippen molar-refractivity contribution in [1.29, 1.82) is 0 Å². The van der Waals surface area contributed by atoms with E-state index in [2.05, 4.69) is 34.0 Å². The summed E-state index contributed by atoms with van der Waals surface area (Å²) >= 11 is 0. The van der Waals surface area contributed by atoms with Crippen LogP contribution in [0.2, 0.25) is 0 Å². The molecule has 2 N–H and O–H groups in total. The molecule has 0 unspecified atom stereocenters. The van der Waals surface area contributed by atoms with Crippen molar-refractivity contribution in [3.8, 4) is 17.1 Å². The van der Waals surface area contributed by atoms with Crippen molar-refractivity contribution < 1.29 is 9.84 Å². The number of benzene rings is 1. The molecule has 2 atom stereocenters. The zero-order chi connectivity index (χ0) is 21.8. The van der Waals surface area contributed by atoms with Crippen LogP contribution in [0.15, 0.2) is 29.1 Å². The minimum absolute atomic E-state index is 0.0614. The number of aromatic amines is 1. The standard InChI is InChI=1S/C23H29N5O3/c1-14-6-10-28(11-7-20(14)29)19-13-18(26-27(3)22(19)30)21-16-12-15(31-23(2)8-9-23)4-5-17(16)24-25-21/h4-5,12-14,20,29H,6-11H2,1-3H3,(H,24,25)/t14-,20+/m0/s1. The third-order valence-electron chi connectivity index (χ3n) is 6.69. The van der Waals surface area contributed by atoms with E-state index in [0.717, 1.165) is 42.5 Å². The Balaban J connectivity index is 1.54. The van der Waals surface area contributed by atoms with E-state index in [1.54, 1.807) is 7.05 Å². The van der Waals surface area contributed by atoms with Crippen LogP contribution in [0, 0.1) is 5.92 Å². The fraction of sp³-hybridized carbons (Fsp3) is 0.522. The van der Waals surface area contributed by atoms with Crippen LogP contribution < -0.4 is 15.2 Å². The van der Waals surface area contributed by atoms with Gasteiger partial charge >= 0.3 is 0 Å². The van der Waals surface area contributed by atoms with Crippen molar-refractivity contribution in [3.63, 3.8) is 0 Å². The van der Waals surface area contributed by atoms with Gasteiger partial charge in [-0.1, -0.05) is 6.92 Å². The van der Waals surface area contributed by atoms with Crippen LogP contribution >= 0.6 is 0 Å². The highest BCUT2D eigenvalue weighted by atomic mass is 16.5. The Morgan fingerprint density at radius 1 is 1.23 bits per heavy atom. The SMILES string of the molecule is C[C@H]1CCN(c2cc(-c3n[nH]c4ccc(OC5(C)CC5)cc34)nn(C)c2=O)CC[C@H]1O. The Kier molecular flexibility index (Phi) is 4.77. The van der Waals surface area contributed by atoms with Crippen LogP contribution in [0.5, 0.6) is 5.75 Å². The first kappa shape index (κ1) is 20.1. The summed E-state index contributed by atoms with van der Waals surface area (Å²) < 4.78 is 7.50. The number of hydrogen-bond acceptors (Lipinski definition) is 6. The summed E-state index contributed by atoms with van der Waals surface area (Å²) in [5, 5.41) is 23.2. The number of H-pyrrole nitrogens is 1. The molecule has 1 saturated carbocycles. The molecule has 0 amide bonds. The first-order valence-electron chi connectivity index (χ1n) is 11.0. The molecular formula is C23H29N5O3. The lowest BCUT2D eigenvalue weighted by Gasteiger charge is -2.22. The largest absolute Gasteiger partial charge is 0.488 e. The smallest absolute Gasteiger partial charge is 0.290 e. The molecule has 3 heterocycles. The molecule has 0 radical (unpaired) electrons. The summed E-state index contributed by atoms with van der Waals surface area (Å²) in [5.41, 5.74) is 2.62. The number of ether oxygens (including phenoxy) is 1. The lowest BCUT2D eigenvalue weighted by molar-refractivity contribution is 0.114. The van der Waals surface area contributed by atoms with Crippen LogP contribution in [0.1, 0.15) is 39.5 Å². The number of aromatic nitrogens is 4. The predicted molar refractivity (Wildman–Crippen MR) is 119 cm³/mol. The number of aliphatic hydroxyl groups excluding tert-OH is 1. The van der Waals surface area contributed by atoms with Crippen molar-refractivity contribution in [1.82, 2.24) is 20.0 Å². The highest BCUT2D eigenvalue weighted by Gasteiger charge is 2.40. The summed E-state index contributed by atoms with van der Waals surface area (Å²) in [6.07, 6.45) is 3.28. The maximum Gasteiger partial charge on any atom is 0.290 e. The summed E-state index contributed by atoms with van der Waals surface area (Å²) in [6, 6.07) is 7.74. The minimum atomic E-state index is -0.336. The monoisotopic (exact) mass is 423 g/mol. The van der Waals surface area contributed by atoms with Crippen molar-refractivity contribution in [3.05, 3.63) is 34.6 Å². The number of nitrogens with one attached hydrogen (secondary N) is 1. The van der Waals surface area contributed by atoms with Gasteiger partial charge in [-0.2, -0.15) is 10.2 Å². The summed E-state index contributed by atoms with van der Waals surface area (Å²) in [7, 11) is 1.67. The number of hydrogen-bond donors (Lipinski definition) is 2. The Labute approximate surface area is 180 Å². The lowest BCUT2D eigenvalue weighted by atomic mass is 10.0. The number of fused-ring (bicyclic) bond motifs is 1. The van der Waals surface area contributed by atoms with E-state index in [9.17, 15) is 9.90 Å². The molecular weight excluding hydrogens is 394 g/mol. The van der Waals surface area contributed by atoms with Gasteiger partial charge in [0.2, 0.25) is 0 Å². The van der Waals surface area contributed by atoms with E-state index >= 15 is 0 Å². The minimum Gasteiger partial charge on any atom is -0.488 e. The van der Waals surface area contributed by atoms with Crippen LogP contribution in [0.25, 0.3) is 22.3 Å². The topological polar surface area (TPSA) is 96.3 Å². The molecule has 0 spiro atoms. The lowest BCUT2D eigenvalue weighted by Crippen LogP contribution is -2.33. The normalized spacial score (nSPS) is 23.0. The molecule has 8 nitrogen and oxygen atoms in total. The fourth-order valence-corrected chi connectivity index (χ4v) is 4.23. The Morgan fingerprint density at radius 2 is 2.00 bits per heavy atom. The summed E-state index contributed by atoms with van der Waals surface area (Å²) in [6.45, 7) is 5.55. The van der Waals surface area contributed by atoms with Crippen molar-refractivity contribution in [2.24, 2.45) is 13.0 Å². The van der Waals surface area contributed by atoms with Crippen molar-refractivity contribution in [2.75, 3.05) is 18.0 Å². The molecule has 1 aromatic carbocycles. The average Bonchev–Trinajstić information content (AvgIpc) is 3.36. The second-order valence-electron chi connectivity index (χ2n) is 9.28. The highest BCUT2D eigenvalue weighted by Crippen LogP contribution is 2.40. The van der Waals surface area contributed by atoms with E-state index in [1.807, 2.05) is 24.3 Å². The molecule has 31 heavy (non-hydrogen) atoms. The fourth-order valence-electron chi connectivity index (χ4n) is 4.23. The second kappa shape index (κ2) is 7.37. The maximum atomic E-state index is 12.9. The third kappa shape index (κ3) is 3.80. The molecule has 1 saturated heterocycles. The zero-order valence-electron chi connectivity index (χ0n) is 18.3. The Hall–Kier alpha value is -2.87. The Morgan fingerprint density at radius 3 is 2.77 bits per heavy atom. The van der Waals surface area contributed by atoms with Gasteiger partial charge in [-0.3, -0.25) is 9.89 Å². The molecule has 164 valence electrons. The molecule has 1 aliphatic heterocycles. The number of nitrogens with zero attached hydrogens (tertiary/aromatic N) is 4. The van der Waals surface area contributed by atoms with E-state index < -0.39 is 0 Å².